The van der Waals surface area contributed by atoms with Gasteiger partial charge in [0.15, 0.2) is 0 Å². The van der Waals surface area contributed by atoms with Gasteiger partial charge in [0.1, 0.15) is 6.04 Å². The molecule has 4 rings (SSSR count). The van der Waals surface area contributed by atoms with Gasteiger partial charge in [0.25, 0.3) is 5.91 Å². The molecule has 1 saturated heterocycles. The van der Waals surface area contributed by atoms with Gasteiger partial charge in [-0.25, -0.2) is 4.79 Å². The molecule has 3 aliphatic heterocycles. The molecule has 0 saturated carbocycles. The maximum Gasteiger partial charge on any atom is 0.322 e. The second-order valence-electron chi connectivity index (χ2n) is 8.63. The van der Waals surface area contributed by atoms with E-state index < -0.39 is 12.1 Å². The Labute approximate surface area is 193 Å². The van der Waals surface area contributed by atoms with Crippen LogP contribution in [0.4, 0.5) is 4.79 Å². The van der Waals surface area contributed by atoms with Crippen molar-refractivity contribution in [3.05, 3.63) is 46.1 Å². The fourth-order valence-electron chi connectivity index (χ4n) is 4.65. The quantitative estimate of drug-likeness (QED) is 0.682. The molecule has 3 aliphatic rings. The van der Waals surface area contributed by atoms with Crippen LogP contribution < -0.4 is 10.6 Å². The van der Waals surface area contributed by atoms with E-state index in [4.69, 9.17) is 11.6 Å². The SMILES string of the molecule is CC(C(=O)NCCN1CCCCC1)N1CC2=C(C1=O)C(c1ccccc1Cl)NC(=O)N2C. The molecule has 4 amide bonds. The number of nitrogens with one attached hydrogen (secondary N) is 2. The summed E-state index contributed by atoms with van der Waals surface area (Å²) in [5.74, 6) is -0.443. The van der Waals surface area contributed by atoms with E-state index in [9.17, 15) is 14.4 Å². The summed E-state index contributed by atoms with van der Waals surface area (Å²) in [5.41, 5.74) is 1.74. The number of hydrogen-bond donors (Lipinski definition) is 2. The fraction of sp³-hybridized carbons (Fsp3) is 0.522. The van der Waals surface area contributed by atoms with Crippen LogP contribution in [0.3, 0.4) is 0 Å². The minimum absolute atomic E-state index is 0.188. The summed E-state index contributed by atoms with van der Waals surface area (Å²) < 4.78 is 0. The number of benzene rings is 1. The summed E-state index contributed by atoms with van der Waals surface area (Å²) in [6.07, 6.45) is 3.68. The highest BCUT2D eigenvalue weighted by molar-refractivity contribution is 6.31. The van der Waals surface area contributed by atoms with Crippen molar-refractivity contribution >= 4 is 29.4 Å². The summed E-state index contributed by atoms with van der Waals surface area (Å²) in [7, 11) is 1.63. The van der Waals surface area contributed by atoms with E-state index in [1.54, 1.807) is 32.2 Å². The summed E-state index contributed by atoms with van der Waals surface area (Å²) in [5, 5.41) is 6.32. The molecule has 1 fully saturated rings. The van der Waals surface area contributed by atoms with Crippen LogP contribution in [0, 0.1) is 0 Å². The van der Waals surface area contributed by atoms with Crippen molar-refractivity contribution in [1.29, 1.82) is 0 Å². The maximum absolute atomic E-state index is 13.4. The van der Waals surface area contributed by atoms with Crippen LogP contribution in [0.5, 0.6) is 0 Å². The van der Waals surface area contributed by atoms with Gasteiger partial charge in [-0.15, -0.1) is 0 Å². The van der Waals surface area contributed by atoms with E-state index in [1.165, 1.54) is 29.1 Å². The fourth-order valence-corrected chi connectivity index (χ4v) is 4.90. The number of urea groups is 1. The van der Waals surface area contributed by atoms with Crippen molar-refractivity contribution in [2.75, 3.05) is 39.8 Å². The van der Waals surface area contributed by atoms with Crippen LogP contribution in [0.1, 0.15) is 37.8 Å². The normalized spacial score (nSPS) is 22.7. The van der Waals surface area contributed by atoms with Crippen molar-refractivity contribution in [1.82, 2.24) is 25.3 Å². The van der Waals surface area contributed by atoms with Gasteiger partial charge in [-0.1, -0.05) is 36.2 Å². The number of hydrogen-bond acceptors (Lipinski definition) is 4. The van der Waals surface area contributed by atoms with Crippen molar-refractivity contribution < 1.29 is 14.4 Å². The number of nitrogens with zero attached hydrogens (tertiary/aromatic N) is 3. The summed E-state index contributed by atoms with van der Waals surface area (Å²) >= 11 is 6.37. The molecule has 0 aliphatic carbocycles. The van der Waals surface area contributed by atoms with Crippen LogP contribution in [-0.2, 0) is 9.59 Å². The third-order valence-electron chi connectivity index (χ3n) is 6.63. The number of halogens is 1. The van der Waals surface area contributed by atoms with Crippen molar-refractivity contribution in [2.24, 2.45) is 0 Å². The molecule has 32 heavy (non-hydrogen) atoms. The molecule has 1 aromatic carbocycles. The average molecular weight is 460 g/mol. The molecule has 172 valence electrons. The van der Waals surface area contributed by atoms with Crippen LogP contribution in [0.15, 0.2) is 35.5 Å². The highest BCUT2D eigenvalue weighted by Gasteiger charge is 2.45. The zero-order valence-corrected chi connectivity index (χ0v) is 19.3. The number of carbonyl (C=O) groups excluding carboxylic acids is 3. The molecule has 0 aromatic heterocycles. The number of rotatable bonds is 6. The molecule has 0 radical (unpaired) electrons. The lowest BCUT2D eigenvalue weighted by Gasteiger charge is -2.31. The molecule has 2 unspecified atom stereocenters. The van der Waals surface area contributed by atoms with Gasteiger partial charge in [-0.05, 0) is 44.5 Å². The second-order valence-corrected chi connectivity index (χ2v) is 9.03. The Morgan fingerprint density at radius 3 is 2.66 bits per heavy atom. The van der Waals surface area contributed by atoms with Gasteiger partial charge in [-0.2, -0.15) is 0 Å². The monoisotopic (exact) mass is 459 g/mol. The molecule has 1 aromatic rings. The number of amides is 4. The molecule has 2 atom stereocenters. The zero-order valence-electron chi connectivity index (χ0n) is 18.6. The van der Waals surface area contributed by atoms with E-state index in [2.05, 4.69) is 15.5 Å². The van der Waals surface area contributed by atoms with Crippen LogP contribution in [0.2, 0.25) is 5.02 Å². The highest BCUT2D eigenvalue weighted by Crippen LogP contribution is 2.38. The van der Waals surface area contributed by atoms with Crippen molar-refractivity contribution in [2.45, 2.75) is 38.3 Å². The zero-order chi connectivity index (χ0) is 22.8. The number of piperidine rings is 1. The Bertz CT molecular complexity index is 943. The average Bonchev–Trinajstić information content (AvgIpc) is 3.14. The summed E-state index contributed by atoms with van der Waals surface area (Å²) in [6.45, 7) is 5.45. The number of likely N-dealkylation sites (tertiary alicyclic amines) is 1. The first kappa shape index (κ1) is 22.6. The van der Waals surface area contributed by atoms with Crippen molar-refractivity contribution in [3.8, 4) is 0 Å². The van der Waals surface area contributed by atoms with E-state index >= 15 is 0 Å². The van der Waals surface area contributed by atoms with Gasteiger partial charge in [0.2, 0.25) is 5.91 Å². The molecule has 3 heterocycles. The predicted octanol–water partition coefficient (Wildman–Crippen LogP) is 2.12. The lowest BCUT2D eigenvalue weighted by Crippen LogP contribution is -2.48. The standard InChI is InChI=1S/C23H30ClN5O3/c1-15(21(30)25-10-13-28-11-6-3-7-12-28)29-14-18-19(22(29)31)20(26-23(32)27(18)2)16-8-4-5-9-17(16)24/h4-5,8-9,15,20H,3,6-7,10-14H2,1-2H3,(H,25,30)(H,26,32). The first-order chi connectivity index (χ1) is 15.4. The third kappa shape index (κ3) is 4.34. The van der Waals surface area contributed by atoms with Gasteiger partial charge in [-0.3, -0.25) is 14.5 Å². The highest BCUT2D eigenvalue weighted by atomic mass is 35.5. The van der Waals surface area contributed by atoms with Gasteiger partial charge >= 0.3 is 6.03 Å². The number of likely N-dealkylation sites (N-methyl/N-ethyl adjacent to an activating group) is 1. The molecular formula is C23H30ClN5O3. The van der Waals surface area contributed by atoms with Gasteiger partial charge in [0, 0.05) is 25.2 Å². The second kappa shape index (κ2) is 9.50. The first-order valence-corrected chi connectivity index (χ1v) is 11.6. The van der Waals surface area contributed by atoms with E-state index in [-0.39, 0.29) is 24.4 Å². The first-order valence-electron chi connectivity index (χ1n) is 11.2. The third-order valence-corrected chi connectivity index (χ3v) is 6.97. The van der Waals surface area contributed by atoms with Crippen LogP contribution in [-0.4, -0.2) is 78.4 Å². The summed E-state index contributed by atoms with van der Waals surface area (Å²) in [6, 6.07) is 5.56. The van der Waals surface area contributed by atoms with Gasteiger partial charge < -0.3 is 20.4 Å². The van der Waals surface area contributed by atoms with Crippen molar-refractivity contribution in [3.63, 3.8) is 0 Å². The Morgan fingerprint density at radius 1 is 1.22 bits per heavy atom. The Kier molecular flexibility index (Phi) is 6.71. The maximum atomic E-state index is 13.4. The molecule has 2 N–H and O–H groups in total. The van der Waals surface area contributed by atoms with E-state index in [0.717, 1.165) is 19.6 Å². The molecule has 9 heteroatoms. The largest absolute Gasteiger partial charge is 0.353 e. The Balaban J connectivity index is 1.46. The molecule has 8 nitrogen and oxygen atoms in total. The smallest absolute Gasteiger partial charge is 0.322 e. The molecule has 0 bridgehead atoms. The topological polar surface area (TPSA) is 85.0 Å². The lowest BCUT2D eigenvalue weighted by atomic mass is 9.95. The summed E-state index contributed by atoms with van der Waals surface area (Å²) in [4.78, 5) is 44.1. The minimum atomic E-state index is -0.648. The van der Waals surface area contributed by atoms with Crippen LogP contribution >= 0.6 is 11.6 Å². The molecule has 0 spiro atoms. The minimum Gasteiger partial charge on any atom is -0.353 e. The van der Waals surface area contributed by atoms with E-state index in [1.807, 2.05) is 6.07 Å². The van der Waals surface area contributed by atoms with E-state index in [0.29, 0.717) is 28.4 Å². The number of carbonyl (C=O) groups is 3. The Morgan fingerprint density at radius 2 is 1.94 bits per heavy atom. The lowest BCUT2D eigenvalue weighted by molar-refractivity contribution is -0.135. The van der Waals surface area contributed by atoms with Crippen LogP contribution in [0.25, 0.3) is 0 Å². The Hall–Kier alpha value is -2.58. The predicted molar refractivity (Wildman–Crippen MR) is 122 cm³/mol. The molecular weight excluding hydrogens is 430 g/mol. The van der Waals surface area contributed by atoms with Gasteiger partial charge in [0.05, 0.1) is 23.9 Å².